The van der Waals surface area contributed by atoms with E-state index in [-0.39, 0.29) is 0 Å². The average Bonchev–Trinajstić information content (AvgIpc) is 1.63. The molecule has 3 heteroatoms. The molecule has 56 valence electrons. The molecule has 0 saturated carbocycles. The zero-order valence-electron chi connectivity index (χ0n) is 5.57. The summed E-state index contributed by atoms with van der Waals surface area (Å²) in [5.41, 5.74) is 0. The second-order valence-corrected chi connectivity index (χ2v) is 6.39. The number of hydrogen-bond acceptors (Lipinski definition) is 0. The van der Waals surface area contributed by atoms with E-state index in [1.807, 2.05) is 0 Å². The van der Waals surface area contributed by atoms with E-state index < -0.39 is 0 Å². The fraction of sp³-hybridized carbons (Fsp3) is 1.00. The molecule has 3 unspecified atom stereocenters. The van der Waals surface area contributed by atoms with Crippen LogP contribution < -0.4 is 0 Å². The molecule has 0 bridgehead atoms. The Morgan fingerprint density at radius 3 is 1.67 bits per heavy atom. The molecule has 0 saturated heterocycles. The van der Waals surface area contributed by atoms with E-state index >= 15 is 0 Å². The van der Waals surface area contributed by atoms with E-state index in [4.69, 9.17) is 0 Å². The average molecular weight is 323 g/mol. The summed E-state index contributed by atoms with van der Waals surface area (Å²) < 4.78 is 0. The van der Waals surface area contributed by atoms with Crippen molar-refractivity contribution in [3.63, 3.8) is 0 Å². The molecule has 0 rings (SSSR count). The Labute approximate surface area is 82.2 Å². The lowest BCUT2D eigenvalue weighted by molar-refractivity contribution is 0.766. The van der Waals surface area contributed by atoms with E-state index in [2.05, 4.69) is 61.6 Å². The van der Waals surface area contributed by atoms with Crippen molar-refractivity contribution in [3.8, 4) is 0 Å². The molecule has 3 atom stereocenters. The lowest BCUT2D eigenvalue weighted by Gasteiger charge is -2.12. The third kappa shape index (κ3) is 5.86. The van der Waals surface area contributed by atoms with Gasteiger partial charge in [0.15, 0.2) is 0 Å². The predicted octanol–water partition coefficient (Wildman–Crippen LogP) is 3.71. The summed E-state index contributed by atoms with van der Waals surface area (Å²) in [6.45, 7) is 4.30. The van der Waals surface area contributed by atoms with Crippen LogP contribution in [0.5, 0.6) is 0 Å². The highest BCUT2D eigenvalue weighted by Gasteiger charge is 2.12. The number of hydrogen-bond donors (Lipinski definition) is 0. The predicted molar refractivity (Wildman–Crippen MR) is 54.1 cm³/mol. The van der Waals surface area contributed by atoms with Crippen molar-refractivity contribution in [2.75, 3.05) is 0 Å². The van der Waals surface area contributed by atoms with Crippen molar-refractivity contribution in [2.24, 2.45) is 0 Å². The fourth-order valence-corrected chi connectivity index (χ4v) is 2.18. The Morgan fingerprint density at radius 1 is 1.11 bits per heavy atom. The second kappa shape index (κ2) is 5.14. The van der Waals surface area contributed by atoms with Gasteiger partial charge < -0.3 is 0 Å². The van der Waals surface area contributed by atoms with Crippen LogP contribution in [0.25, 0.3) is 0 Å². The van der Waals surface area contributed by atoms with Crippen molar-refractivity contribution < 1.29 is 0 Å². The minimum absolute atomic E-state index is 0.553. The maximum absolute atomic E-state index is 3.57. The summed E-state index contributed by atoms with van der Waals surface area (Å²) >= 11 is 10.6. The maximum Gasteiger partial charge on any atom is 0.0278 e. The van der Waals surface area contributed by atoms with Crippen molar-refractivity contribution in [1.29, 1.82) is 0 Å². The third-order valence-corrected chi connectivity index (χ3v) is 3.94. The molecule has 0 aromatic heterocycles. The van der Waals surface area contributed by atoms with E-state index in [0.29, 0.717) is 14.5 Å². The minimum atomic E-state index is 0.553. The Bertz CT molecular complexity index is 70.7. The topological polar surface area (TPSA) is 0 Å². The number of alkyl halides is 3. The van der Waals surface area contributed by atoms with Gasteiger partial charge in [0.1, 0.15) is 0 Å². The summed E-state index contributed by atoms with van der Waals surface area (Å²) in [6.07, 6.45) is 1.16. The first-order valence-corrected chi connectivity index (χ1v) is 5.71. The smallest absolute Gasteiger partial charge is 0.0278 e. The zero-order valence-corrected chi connectivity index (χ0v) is 10.3. The normalized spacial score (nSPS) is 21.0. The van der Waals surface area contributed by atoms with Gasteiger partial charge in [0.25, 0.3) is 0 Å². The van der Waals surface area contributed by atoms with Crippen LogP contribution in [0.2, 0.25) is 0 Å². The molecule has 0 aromatic rings. The summed E-state index contributed by atoms with van der Waals surface area (Å²) in [7, 11) is 0. The molecular formula is C6H11Br3. The van der Waals surface area contributed by atoms with Gasteiger partial charge in [0, 0.05) is 14.5 Å². The highest BCUT2D eigenvalue weighted by Crippen LogP contribution is 2.21. The molecule has 0 fully saturated rings. The molecule has 0 aliphatic heterocycles. The van der Waals surface area contributed by atoms with E-state index in [1.54, 1.807) is 0 Å². The lowest BCUT2D eigenvalue weighted by Crippen LogP contribution is -2.13. The van der Waals surface area contributed by atoms with Gasteiger partial charge in [-0.1, -0.05) is 61.6 Å². The van der Waals surface area contributed by atoms with Crippen LogP contribution in [0.1, 0.15) is 20.3 Å². The largest absolute Gasteiger partial charge is 0.0893 e. The van der Waals surface area contributed by atoms with E-state index in [0.717, 1.165) is 6.42 Å². The van der Waals surface area contributed by atoms with Crippen LogP contribution in [0.3, 0.4) is 0 Å². The van der Waals surface area contributed by atoms with Crippen LogP contribution >= 0.6 is 47.8 Å². The molecule has 0 radical (unpaired) electrons. The van der Waals surface area contributed by atoms with E-state index in [1.165, 1.54) is 0 Å². The molecule has 0 amide bonds. The maximum atomic E-state index is 3.57. The SMILES string of the molecule is CC(Br)CC(Br)C(C)Br. The van der Waals surface area contributed by atoms with Crippen LogP contribution in [0.15, 0.2) is 0 Å². The molecule has 0 nitrogen and oxygen atoms in total. The zero-order chi connectivity index (χ0) is 7.44. The van der Waals surface area contributed by atoms with Crippen molar-refractivity contribution >= 4 is 47.8 Å². The molecule has 0 aromatic carbocycles. The monoisotopic (exact) mass is 320 g/mol. The highest BCUT2D eigenvalue weighted by atomic mass is 79.9. The summed E-state index contributed by atoms with van der Waals surface area (Å²) in [6, 6.07) is 0. The van der Waals surface area contributed by atoms with Gasteiger partial charge in [-0.05, 0) is 6.42 Å². The first-order valence-electron chi connectivity index (χ1n) is 2.96. The standard InChI is InChI=1S/C6H11Br3/c1-4(7)3-6(9)5(2)8/h4-6H,3H2,1-2H3. The number of rotatable bonds is 3. The van der Waals surface area contributed by atoms with Crippen molar-refractivity contribution in [3.05, 3.63) is 0 Å². The molecule has 0 heterocycles. The molecule has 0 aliphatic carbocycles. The summed E-state index contributed by atoms with van der Waals surface area (Å²) in [4.78, 5) is 1.73. The van der Waals surface area contributed by atoms with Gasteiger partial charge in [0.2, 0.25) is 0 Å². The van der Waals surface area contributed by atoms with Crippen LogP contribution in [-0.2, 0) is 0 Å². The van der Waals surface area contributed by atoms with Gasteiger partial charge >= 0.3 is 0 Å². The Kier molecular flexibility index (Phi) is 5.96. The molecule has 0 N–H and O–H groups in total. The molecular weight excluding hydrogens is 312 g/mol. The van der Waals surface area contributed by atoms with Crippen molar-refractivity contribution in [2.45, 2.75) is 34.7 Å². The third-order valence-electron chi connectivity index (χ3n) is 1.05. The fourth-order valence-electron chi connectivity index (χ4n) is 0.498. The van der Waals surface area contributed by atoms with Gasteiger partial charge in [-0.15, -0.1) is 0 Å². The first kappa shape index (κ1) is 10.4. The molecule has 0 aliphatic rings. The molecule has 0 spiro atoms. The van der Waals surface area contributed by atoms with Gasteiger partial charge in [-0.3, -0.25) is 0 Å². The van der Waals surface area contributed by atoms with E-state index in [9.17, 15) is 0 Å². The van der Waals surface area contributed by atoms with Gasteiger partial charge in [0.05, 0.1) is 0 Å². The van der Waals surface area contributed by atoms with Gasteiger partial charge in [-0.25, -0.2) is 0 Å². The summed E-state index contributed by atoms with van der Waals surface area (Å²) in [5.74, 6) is 0. The molecule has 9 heavy (non-hydrogen) atoms. The van der Waals surface area contributed by atoms with Gasteiger partial charge in [-0.2, -0.15) is 0 Å². The first-order chi connectivity index (χ1) is 4.04. The van der Waals surface area contributed by atoms with Crippen LogP contribution in [-0.4, -0.2) is 14.5 Å². The quantitative estimate of drug-likeness (QED) is 0.695. The highest BCUT2D eigenvalue weighted by molar-refractivity contribution is 9.12. The minimum Gasteiger partial charge on any atom is -0.0893 e. The Hall–Kier alpha value is 1.44. The number of halogens is 3. The lowest BCUT2D eigenvalue weighted by atomic mass is 10.2. The Morgan fingerprint density at radius 2 is 1.56 bits per heavy atom. The summed E-state index contributed by atoms with van der Waals surface area (Å²) in [5, 5.41) is 0. The van der Waals surface area contributed by atoms with Crippen LogP contribution in [0.4, 0.5) is 0 Å². The second-order valence-electron chi connectivity index (χ2n) is 2.21. The Balaban J connectivity index is 3.38. The van der Waals surface area contributed by atoms with Crippen LogP contribution in [0, 0.1) is 0 Å². The van der Waals surface area contributed by atoms with Crippen molar-refractivity contribution in [1.82, 2.24) is 0 Å².